The number of rotatable bonds is 5. The number of aliphatic hydroxyl groups is 1. The van der Waals surface area contributed by atoms with Gasteiger partial charge in [-0.3, -0.25) is 5.10 Å². The van der Waals surface area contributed by atoms with Gasteiger partial charge in [0.25, 0.3) is 0 Å². The molecule has 0 radical (unpaired) electrons. The van der Waals surface area contributed by atoms with E-state index in [0.717, 1.165) is 38.1 Å². The van der Waals surface area contributed by atoms with E-state index in [2.05, 4.69) is 20.5 Å². The monoisotopic (exact) mass is 418 g/mol. The Labute approximate surface area is 175 Å². The quantitative estimate of drug-likeness (QED) is 0.335. The molecule has 30 heavy (non-hydrogen) atoms. The van der Waals surface area contributed by atoms with Crippen LogP contribution in [0.5, 0.6) is 5.75 Å². The molecule has 0 saturated carbocycles. The molecule has 3 aromatic heterocycles. The number of nitrogens with one attached hydrogen (secondary N) is 3. The van der Waals surface area contributed by atoms with Crippen molar-refractivity contribution in [3.63, 3.8) is 0 Å². The number of H-pyrrole nitrogens is 2. The number of nitrogens with zero attached hydrogens (tertiary/aromatic N) is 1. The lowest BCUT2D eigenvalue weighted by Gasteiger charge is -2.12. The van der Waals surface area contributed by atoms with Gasteiger partial charge in [-0.15, -0.1) is 11.3 Å². The maximum atomic E-state index is 12.1. The molecule has 2 aromatic carbocycles. The topological polar surface area (TPSA) is 103 Å². The van der Waals surface area contributed by atoms with E-state index in [1.54, 1.807) is 35.6 Å². The number of carbonyl (C=O) groups is 1. The number of thiophene rings is 1. The van der Waals surface area contributed by atoms with Crippen molar-refractivity contribution in [2.75, 3.05) is 6.54 Å². The number of hydrogen-bond donors (Lipinski definition) is 4. The predicted octanol–water partition coefficient (Wildman–Crippen LogP) is 4.59. The number of aromatic amines is 2. The fourth-order valence-corrected chi connectivity index (χ4v) is 4.19. The van der Waals surface area contributed by atoms with Crippen LogP contribution in [0.3, 0.4) is 0 Å². The van der Waals surface area contributed by atoms with Gasteiger partial charge in [-0.1, -0.05) is 30.3 Å². The maximum absolute atomic E-state index is 12.1. The standard InChI is InChI=1S/C22H18N4O3S/c27-19(13-4-2-1-3-5-13)12-23-22(28)29-15-7-6-14-10-18(24-17(14)11-15)20-21-16(25-26-20)8-9-30-21/h1-11,19,24,27H,12H2,(H,23,28)(H,25,26). The Bertz CT molecular complexity index is 1320. The van der Waals surface area contributed by atoms with Crippen LogP contribution in [0, 0.1) is 0 Å². The minimum Gasteiger partial charge on any atom is -0.410 e. The van der Waals surface area contributed by atoms with Crippen molar-refractivity contribution < 1.29 is 14.6 Å². The van der Waals surface area contributed by atoms with Gasteiger partial charge in [-0.25, -0.2) is 4.79 Å². The normalized spacial score (nSPS) is 12.3. The molecule has 5 aromatic rings. The lowest BCUT2D eigenvalue weighted by atomic mass is 10.1. The van der Waals surface area contributed by atoms with Gasteiger partial charge in [0.05, 0.1) is 28.6 Å². The summed E-state index contributed by atoms with van der Waals surface area (Å²) < 4.78 is 6.46. The van der Waals surface area contributed by atoms with E-state index in [4.69, 9.17) is 4.74 Å². The van der Waals surface area contributed by atoms with Gasteiger partial charge < -0.3 is 20.1 Å². The molecule has 8 heteroatoms. The van der Waals surface area contributed by atoms with Crippen LogP contribution in [0.2, 0.25) is 0 Å². The van der Waals surface area contributed by atoms with Crippen molar-refractivity contribution in [2.24, 2.45) is 0 Å². The highest BCUT2D eigenvalue weighted by Crippen LogP contribution is 2.32. The molecular weight excluding hydrogens is 400 g/mol. The number of hydrogen-bond acceptors (Lipinski definition) is 5. The second-order valence-electron chi connectivity index (χ2n) is 6.86. The molecule has 4 N–H and O–H groups in total. The van der Waals surface area contributed by atoms with Crippen molar-refractivity contribution >= 4 is 38.5 Å². The molecule has 0 saturated heterocycles. The van der Waals surface area contributed by atoms with E-state index in [9.17, 15) is 9.90 Å². The number of amides is 1. The zero-order chi connectivity index (χ0) is 20.5. The van der Waals surface area contributed by atoms with Gasteiger partial charge in [0.1, 0.15) is 11.4 Å². The van der Waals surface area contributed by atoms with Crippen LogP contribution >= 0.6 is 11.3 Å². The number of fused-ring (bicyclic) bond motifs is 2. The van der Waals surface area contributed by atoms with E-state index >= 15 is 0 Å². The predicted molar refractivity (Wildman–Crippen MR) is 117 cm³/mol. The number of carbonyl (C=O) groups excluding carboxylic acids is 1. The molecule has 7 nitrogen and oxygen atoms in total. The zero-order valence-electron chi connectivity index (χ0n) is 15.8. The second-order valence-corrected chi connectivity index (χ2v) is 7.78. The van der Waals surface area contributed by atoms with Crippen LogP contribution in [0.1, 0.15) is 11.7 Å². The smallest absolute Gasteiger partial charge is 0.410 e. The lowest BCUT2D eigenvalue weighted by Crippen LogP contribution is -2.30. The summed E-state index contributed by atoms with van der Waals surface area (Å²) in [5.74, 6) is 0.408. The van der Waals surface area contributed by atoms with Crippen LogP contribution < -0.4 is 10.1 Å². The number of aliphatic hydroxyl groups excluding tert-OH is 1. The highest BCUT2D eigenvalue weighted by molar-refractivity contribution is 7.17. The van der Waals surface area contributed by atoms with Gasteiger partial charge in [0, 0.05) is 17.0 Å². The fraction of sp³-hybridized carbons (Fsp3) is 0.0909. The molecule has 0 fully saturated rings. The zero-order valence-corrected chi connectivity index (χ0v) is 16.6. The van der Waals surface area contributed by atoms with E-state index in [1.165, 1.54) is 0 Å². The summed E-state index contributed by atoms with van der Waals surface area (Å²) in [6.07, 6.45) is -1.42. The molecule has 5 rings (SSSR count). The SMILES string of the molecule is O=C(NCC(O)c1ccccc1)Oc1ccc2cc(-c3n[nH]c4ccsc34)[nH]c2c1. The Hall–Kier alpha value is -3.62. The van der Waals surface area contributed by atoms with Crippen molar-refractivity contribution in [3.05, 3.63) is 71.6 Å². The molecule has 0 aliphatic rings. The van der Waals surface area contributed by atoms with Gasteiger partial charge >= 0.3 is 6.09 Å². The largest absolute Gasteiger partial charge is 0.412 e. The average Bonchev–Trinajstić information content (AvgIpc) is 3.47. The average molecular weight is 418 g/mol. The van der Waals surface area contributed by atoms with E-state index in [1.807, 2.05) is 41.8 Å². The first-order valence-corrected chi connectivity index (χ1v) is 10.3. The minimum absolute atomic E-state index is 0.0632. The van der Waals surface area contributed by atoms with Crippen LogP contribution in [-0.2, 0) is 0 Å². The van der Waals surface area contributed by atoms with Crippen molar-refractivity contribution in [1.82, 2.24) is 20.5 Å². The third kappa shape index (κ3) is 3.54. The van der Waals surface area contributed by atoms with Crippen LogP contribution in [0.15, 0.2) is 66.0 Å². The lowest BCUT2D eigenvalue weighted by molar-refractivity contribution is 0.161. The van der Waals surface area contributed by atoms with E-state index < -0.39 is 12.2 Å². The number of benzene rings is 2. The summed E-state index contributed by atoms with van der Waals surface area (Å²) in [6, 6.07) is 18.6. The van der Waals surface area contributed by atoms with Crippen LogP contribution in [-0.4, -0.2) is 32.9 Å². The Kier molecular flexibility index (Phi) is 4.70. The first-order chi connectivity index (χ1) is 14.7. The Balaban J connectivity index is 1.28. The molecule has 1 unspecified atom stereocenters. The number of ether oxygens (including phenoxy) is 1. The Morgan fingerprint density at radius 3 is 2.87 bits per heavy atom. The second kappa shape index (κ2) is 7.66. The molecular formula is C22H18N4O3S. The summed E-state index contributed by atoms with van der Waals surface area (Å²) in [4.78, 5) is 15.5. The first kappa shape index (κ1) is 18.4. The molecule has 0 bridgehead atoms. The summed E-state index contributed by atoms with van der Waals surface area (Å²) in [5.41, 5.74) is 4.34. The van der Waals surface area contributed by atoms with Gasteiger partial charge in [0.2, 0.25) is 0 Å². The van der Waals surface area contributed by atoms with Crippen LogP contribution in [0.4, 0.5) is 4.79 Å². The Morgan fingerprint density at radius 2 is 2.00 bits per heavy atom. The third-order valence-electron chi connectivity index (χ3n) is 4.85. The number of aromatic nitrogens is 3. The van der Waals surface area contributed by atoms with Gasteiger partial charge in [0.15, 0.2) is 0 Å². The fourth-order valence-electron chi connectivity index (χ4n) is 3.34. The highest BCUT2D eigenvalue weighted by atomic mass is 32.1. The Morgan fingerprint density at radius 1 is 1.13 bits per heavy atom. The summed E-state index contributed by atoms with van der Waals surface area (Å²) in [5, 5.41) is 23.2. The van der Waals surface area contributed by atoms with Gasteiger partial charge in [-0.2, -0.15) is 5.10 Å². The summed E-state index contributed by atoms with van der Waals surface area (Å²) in [7, 11) is 0. The first-order valence-electron chi connectivity index (χ1n) is 9.41. The molecule has 150 valence electrons. The van der Waals surface area contributed by atoms with Gasteiger partial charge in [-0.05, 0) is 35.2 Å². The maximum Gasteiger partial charge on any atom is 0.412 e. The summed E-state index contributed by atoms with van der Waals surface area (Å²) >= 11 is 1.63. The van der Waals surface area contributed by atoms with Crippen molar-refractivity contribution in [3.8, 4) is 17.1 Å². The molecule has 1 atom stereocenters. The highest BCUT2D eigenvalue weighted by Gasteiger charge is 2.14. The molecule has 0 aliphatic carbocycles. The molecule has 1 amide bonds. The summed E-state index contributed by atoms with van der Waals surface area (Å²) in [6.45, 7) is 0.0632. The van der Waals surface area contributed by atoms with E-state index in [-0.39, 0.29) is 6.54 Å². The molecule has 0 spiro atoms. The van der Waals surface area contributed by atoms with E-state index in [0.29, 0.717) is 5.75 Å². The van der Waals surface area contributed by atoms with Crippen LogP contribution in [0.25, 0.3) is 32.5 Å². The molecule has 0 aliphatic heterocycles. The minimum atomic E-state index is -0.796. The third-order valence-corrected chi connectivity index (χ3v) is 5.77. The molecule has 3 heterocycles. The van der Waals surface area contributed by atoms with Crippen molar-refractivity contribution in [1.29, 1.82) is 0 Å². The van der Waals surface area contributed by atoms with Crippen molar-refractivity contribution in [2.45, 2.75) is 6.10 Å².